The van der Waals surface area contributed by atoms with Crippen LogP contribution in [0.5, 0.6) is 0 Å². The summed E-state index contributed by atoms with van der Waals surface area (Å²) >= 11 is 0. The lowest BCUT2D eigenvalue weighted by Gasteiger charge is -2.28. The summed E-state index contributed by atoms with van der Waals surface area (Å²) in [4.78, 5) is 56.4. The van der Waals surface area contributed by atoms with Gasteiger partial charge in [0.1, 0.15) is 34.4 Å². The monoisotopic (exact) mass is 929 g/mol. The highest BCUT2D eigenvalue weighted by Crippen LogP contribution is 2.33. The van der Waals surface area contributed by atoms with Crippen LogP contribution in [0.4, 0.5) is 40.7 Å². The molecule has 6 aromatic rings. The first-order valence-electron chi connectivity index (χ1n) is 21.7. The van der Waals surface area contributed by atoms with E-state index >= 15 is 0 Å². The van der Waals surface area contributed by atoms with E-state index in [0.717, 1.165) is 24.3 Å². The van der Waals surface area contributed by atoms with E-state index in [1.54, 1.807) is 30.9 Å². The third-order valence-corrected chi connectivity index (χ3v) is 11.6. The van der Waals surface area contributed by atoms with Crippen molar-refractivity contribution in [2.45, 2.75) is 25.9 Å². The molecule has 0 bridgehead atoms. The van der Waals surface area contributed by atoms with E-state index in [2.05, 4.69) is 10.6 Å². The second-order valence-electron chi connectivity index (χ2n) is 16.2. The highest BCUT2D eigenvalue weighted by molar-refractivity contribution is 5.99. The molecule has 2 unspecified atom stereocenters. The molecule has 19 heteroatoms. The van der Waals surface area contributed by atoms with Gasteiger partial charge in [-0.1, -0.05) is 0 Å². The lowest BCUT2D eigenvalue weighted by molar-refractivity contribution is 0.0303. The standard InChI is InChI=1S/C26H27F2N3O5.C22H20F2N2O5/c1-16(29-20-13-18(27)12-19(28)14-20)21-10-17(26(33)31-4-8-35-9-5-31)11-22-23(32)15-24(36-25(21)22)30-2-6-34-7-3-30;1-12(25-16-9-14(23)8-15(24)10-16)17-6-13(22(28)29)7-18-19(27)11-20(31-21(17)18)26-2-4-30-5-3-26/h10-16,29H,2-9H2,1H3;6-12,25H,2-5H2,1H3,(H,28,29). The molecular weight excluding hydrogens is 883 g/mol. The Hall–Kier alpha value is -6.96. The summed E-state index contributed by atoms with van der Waals surface area (Å²) < 4.78 is 83.1. The average molecular weight is 930 g/mol. The van der Waals surface area contributed by atoms with Gasteiger partial charge < -0.3 is 53.5 Å². The van der Waals surface area contributed by atoms with Gasteiger partial charge in [-0.15, -0.1) is 0 Å². The zero-order chi connectivity index (χ0) is 47.4. The number of carboxylic acids is 1. The number of hydrogen-bond acceptors (Lipinski definition) is 13. The number of hydrogen-bond donors (Lipinski definition) is 3. The first kappa shape index (κ1) is 46.6. The number of halogens is 4. The van der Waals surface area contributed by atoms with Crippen LogP contribution in [0.2, 0.25) is 0 Å². The van der Waals surface area contributed by atoms with Crippen molar-refractivity contribution in [1.82, 2.24) is 4.90 Å². The SMILES string of the molecule is CC(Nc1cc(F)cc(F)c1)c1cc(C(=O)N2CCOCC2)cc2c(=O)cc(N3CCOCC3)oc12.CC(Nc1cc(F)cc(F)c1)c1cc(C(=O)O)cc2c(=O)cc(N3CCOCC3)oc12. The summed E-state index contributed by atoms with van der Waals surface area (Å²) in [6.07, 6.45) is 0. The van der Waals surface area contributed by atoms with Crippen LogP contribution < -0.4 is 31.3 Å². The minimum atomic E-state index is -1.20. The number of amides is 1. The molecule has 2 atom stereocenters. The molecule has 3 saturated heterocycles. The van der Waals surface area contributed by atoms with E-state index in [-0.39, 0.29) is 50.1 Å². The number of fused-ring (bicyclic) bond motifs is 2. The van der Waals surface area contributed by atoms with Gasteiger partial charge in [0.25, 0.3) is 5.91 Å². The van der Waals surface area contributed by atoms with Gasteiger partial charge in [0.05, 0.1) is 68.1 Å². The zero-order valence-electron chi connectivity index (χ0n) is 36.5. The maximum absolute atomic E-state index is 13.8. The van der Waals surface area contributed by atoms with Crippen molar-refractivity contribution in [3.63, 3.8) is 0 Å². The smallest absolute Gasteiger partial charge is 0.335 e. The van der Waals surface area contributed by atoms with Gasteiger partial charge in [0.2, 0.25) is 0 Å². The van der Waals surface area contributed by atoms with E-state index in [0.29, 0.717) is 113 Å². The average Bonchev–Trinajstić information content (AvgIpc) is 3.31. The molecular formula is C48H47F4N5O10. The quantitative estimate of drug-likeness (QED) is 0.116. The Morgan fingerprint density at radius 1 is 0.537 bits per heavy atom. The fourth-order valence-corrected chi connectivity index (χ4v) is 8.19. The number of benzene rings is 4. The molecule has 0 aliphatic carbocycles. The predicted octanol–water partition coefficient (Wildman–Crippen LogP) is 7.33. The van der Waals surface area contributed by atoms with Crippen molar-refractivity contribution in [2.24, 2.45) is 0 Å². The van der Waals surface area contributed by atoms with Crippen molar-refractivity contribution >= 4 is 57.0 Å². The molecule has 2 aromatic heterocycles. The zero-order valence-corrected chi connectivity index (χ0v) is 36.5. The van der Waals surface area contributed by atoms with Crippen LogP contribution in [0.3, 0.4) is 0 Å². The van der Waals surface area contributed by atoms with Gasteiger partial charge in [0.15, 0.2) is 22.6 Å². The lowest BCUT2D eigenvalue weighted by Crippen LogP contribution is -2.40. The number of carbonyl (C=O) groups excluding carboxylic acids is 1. The van der Waals surface area contributed by atoms with Crippen LogP contribution in [0, 0.1) is 23.3 Å². The maximum atomic E-state index is 13.8. The molecule has 0 radical (unpaired) electrons. The van der Waals surface area contributed by atoms with Crippen LogP contribution in [0.15, 0.2) is 91.2 Å². The van der Waals surface area contributed by atoms with E-state index in [1.165, 1.54) is 36.4 Å². The van der Waals surface area contributed by atoms with E-state index < -0.39 is 41.3 Å². The highest BCUT2D eigenvalue weighted by atomic mass is 19.1. The molecule has 0 saturated carbocycles. The third-order valence-electron chi connectivity index (χ3n) is 11.6. The van der Waals surface area contributed by atoms with Crippen molar-refractivity contribution in [1.29, 1.82) is 0 Å². The van der Waals surface area contributed by atoms with Crippen molar-refractivity contribution in [3.05, 3.63) is 139 Å². The van der Waals surface area contributed by atoms with E-state index in [1.807, 2.05) is 9.80 Å². The molecule has 3 fully saturated rings. The first-order chi connectivity index (χ1) is 32.2. The second-order valence-corrected chi connectivity index (χ2v) is 16.2. The number of nitrogens with one attached hydrogen (secondary N) is 2. The Morgan fingerprint density at radius 2 is 0.910 bits per heavy atom. The number of aromatic carboxylic acids is 1. The molecule has 1 amide bonds. The molecule has 15 nitrogen and oxygen atoms in total. The Kier molecular flexibility index (Phi) is 14.1. The molecule has 3 aliphatic heterocycles. The number of morpholine rings is 3. The largest absolute Gasteiger partial charge is 0.478 e. The lowest BCUT2D eigenvalue weighted by atomic mass is 9.99. The fraction of sp³-hybridized carbons (Fsp3) is 0.333. The Labute approximate surface area is 380 Å². The van der Waals surface area contributed by atoms with Crippen molar-refractivity contribution < 1.29 is 55.3 Å². The number of carboxylic acid groups (broad SMARTS) is 1. The molecule has 3 aliphatic rings. The van der Waals surface area contributed by atoms with Gasteiger partial charge in [-0.2, -0.15) is 0 Å². The normalized spacial score (nSPS) is 16.3. The van der Waals surface area contributed by atoms with Gasteiger partial charge in [-0.25, -0.2) is 22.4 Å². The van der Waals surface area contributed by atoms with E-state index in [9.17, 15) is 41.8 Å². The Balaban J connectivity index is 0.000000184. The predicted molar refractivity (Wildman–Crippen MR) is 242 cm³/mol. The summed E-state index contributed by atoms with van der Waals surface area (Å²) in [5.74, 6) is -3.59. The van der Waals surface area contributed by atoms with Gasteiger partial charge in [-0.3, -0.25) is 14.4 Å². The van der Waals surface area contributed by atoms with E-state index in [4.69, 9.17) is 23.0 Å². The molecule has 5 heterocycles. The molecule has 352 valence electrons. The Bertz CT molecular complexity index is 2890. The number of ether oxygens (including phenoxy) is 3. The Morgan fingerprint density at radius 3 is 1.31 bits per heavy atom. The van der Waals surface area contributed by atoms with Crippen molar-refractivity contribution in [2.75, 3.05) is 99.3 Å². The van der Waals surface area contributed by atoms with Crippen LogP contribution in [-0.4, -0.2) is 101 Å². The minimum Gasteiger partial charge on any atom is -0.478 e. The molecule has 9 rings (SSSR count). The summed E-state index contributed by atoms with van der Waals surface area (Å²) in [6, 6.07) is 13.7. The highest BCUT2D eigenvalue weighted by Gasteiger charge is 2.26. The van der Waals surface area contributed by atoms with Gasteiger partial charge in [-0.05, 0) is 62.4 Å². The van der Waals surface area contributed by atoms with Gasteiger partial charge in [0, 0.05) is 91.6 Å². The third kappa shape index (κ3) is 10.9. The number of rotatable bonds is 10. The summed E-state index contributed by atoms with van der Waals surface area (Å²) in [6.45, 7) is 9.54. The fourth-order valence-electron chi connectivity index (χ4n) is 8.19. The molecule has 67 heavy (non-hydrogen) atoms. The van der Waals surface area contributed by atoms with Crippen LogP contribution in [0.25, 0.3) is 21.9 Å². The second kappa shape index (κ2) is 20.3. The summed E-state index contributed by atoms with van der Waals surface area (Å²) in [5.41, 5.74) is 1.44. The number of anilines is 4. The topological polar surface area (TPSA) is 176 Å². The summed E-state index contributed by atoms with van der Waals surface area (Å²) in [5, 5.41) is 15.9. The summed E-state index contributed by atoms with van der Waals surface area (Å²) in [7, 11) is 0. The first-order valence-corrected chi connectivity index (χ1v) is 21.7. The number of nitrogens with zero attached hydrogens (tertiary/aromatic N) is 3. The van der Waals surface area contributed by atoms with Crippen LogP contribution in [-0.2, 0) is 14.2 Å². The van der Waals surface area contributed by atoms with Gasteiger partial charge >= 0.3 is 5.97 Å². The molecule has 3 N–H and O–H groups in total. The van der Waals surface area contributed by atoms with Crippen LogP contribution in [0.1, 0.15) is 57.8 Å². The number of carbonyl (C=O) groups is 2. The van der Waals surface area contributed by atoms with Crippen molar-refractivity contribution in [3.8, 4) is 0 Å². The van der Waals surface area contributed by atoms with Crippen LogP contribution >= 0.6 is 0 Å². The minimum absolute atomic E-state index is 0.0898. The molecule has 4 aromatic carbocycles. The molecule has 0 spiro atoms. The maximum Gasteiger partial charge on any atom is 0.335 e.